The Kier molecular flexibility index (Phi) is 7.89. The molecule has 3 rings (SSSR count). The molecule has 0 aromatic heterocycles. The second-order valence-corrected chi connectivity index (χ2v) is 9.92. The van der Waals surface area contributed by atoms with Crippen molar-refractivity contribution in [2.45, 2.75) is 30.0 Å². The molecule has 1 aromatic rings. The number of carbonyl (C=O) groups excluding carboxylic acids is 2. The van der Waals surface area contributed by atoms with Crippen LogP contribution in [0.4, 0.5) is 18.9 Å². The fourth-order valence-corrected chi connectivity index (χ4v) is 5.70. The van der Waals surface area contributed by atoms with Crippen LogP contribution in [0.25, 0.3) is 0 Å². The Morgan fingerprint density at radius 3 is 2.39 bits per heavy atom. The first-order valence-corrected chi connectivity index (χ1v) is 12.2. The summed E-state index contributed by atoms with van der Waals surface area (Å²) >= 11 is 6.33. The Bertz CT molecular complexity index is 1000. The standard InChI is InChI=1S/C19H25ClF3N5O4S/c20-17-14(28-6-2-5-16(28)29)3-1-4-15(17)33(31,32)25-13(11-24)18(30)27-9-7-26(8-10-27)12-19(21,22)23/h1,3-4,13,25H,2,5-12,24H2/t13-/m0/s1. The van der Waals surface area contributed by atoms with Crippen LogP contribution in [-0.4, -0.2) is 88.1 Å². The van der Waals surface area contributed by atoms with Crippen LogP contribution in [0.1, 0.15) is 12.8 Å². The molecule has 2 heterocycles. The molecule has 184 valence electrons. The van der Waals surface area contributed by atoms with Crippen molar-refractivity contribution in [3.63, 3.8) is 0 Å². The molecule has 2 amide bonds. The van der Waals surface area contributed by atoms with Crippen LogP contribution >= 0.6 is 11.6 Å². The first-order chi connectivity index (χ1) is 15.4. The van der Waals surface area contributed by atoms with Crippen LogP contribution in [0.15, 0.2) is 23.1 Å². The van der Waals surface area contributed by atoms with Gasteiger partial charge in [0.15, 0.2) is 0 Å². The quantitative estimate of drug-likeness (QED) is 0.559. The van der Waals surface area contributed by atoms with Gasteiger partial charge in [-0.15, -0.1) is 0 Å². The second kappa shape index (κ2) is 10.1. The maximum atomic E-state index is 13.0. The van der Waals surface area contributed by atoms with Gasteiger partial charge in [0.05, 0.1) is 17.3 Å². The molecule has 0 spiro atoms. The SMILES string of the molecule is NC[C@H](NS(=O)(=O)c1cccc(N2CCCC2=O)c1Cl)C(=O)N1CCN(CC(F)(F)F)CC1. The lowest BCUT2D eigenvalue weighted by Gasteiger charge is -2.36. The van der Waals surface area contributed by atoms with Crippen molar-refractivity contribution in [2.24, 2.45) is 5.73 Å². The van der Waals surface area contributed by atoms with Crippen molar-refractivity contribution in [3.05, 3.63) is 23.2 Å². The van der Waals surface area contributed by atoms with E-state index in [1.165, 1.54) is 32.9 Å². The second-order valence-electron chi connectivity index (χ2n) is 7.86. The first kappa shape index (κ1) is 25.7. The number of nitrogens with one attached hydrogen (secondary N) is 1. The van der Waals surface area contributed by atoms with E-state index in [-0.39, 0.29) is 54.2 Å². The number of benzene rings is 1. The number of carbonyl (C=O) groups is 2. The fraction of sp³-hybridized carbons (Fsp3) is 0.579. The van der Waals surface area contributed by atoms with Gasteiger partial charge in [0.1, 0.15) is 10.9 Å². The van der Waals surface area contributed by atoms with Gasteiger partial charge in [0.25, 0.3) is 0 Å². The topological polar surface area (TPSA) is 116 Å². The van der Waals surface area contributed by atoms with Crippen molar-refractivity contribution in [1.29, 1.82) is 0 Å². The van der Waals surface area contributed by atoms with Gasteiger partial charge in [-0.25, -0.2) is 8.42 Å². The largest absolute Gasteiger partial charge is 0.401 e. The molecule has 9 nitrogen and oxygen atoms in total. The van der Waals surface area contributed by atoms with Crippen LogP contribution < -0.4 is 15.4 Å². The van der Waals surface area contributed by atoms with Crippen LogP contribution in [0.2, 0.25) is 5.02 Å². The van der Waals surface area contributed by atoms with Crippen molar-refractivity contribution >= 4 is 39.1 Å². The van der Waals surface area contributed by atoms with E-state index in [1.54, 1.807) is 0 Å². The summed E-state index contributed by atoms with van der Waals surface area (Å²) in [5.41, 5.74) is 5.90. The van der Waals surface area contributed by atoms with Crippen molar-refractivity contribution in [1.82, 2.24) is 14.5 Å². The summed E-state index contributed by atoms with van der Waals surface area (Å²) in [7, 11) is -4.30. The number of halogens is 4. The highest BCUT2D eigenvalue weighted by molar-refractivity contribution is 7.89. The summed E-state index contributed by atoms with van der Waals surface area (Å²) in [5, 5.41) is -0.149. The van der Waals surface area contributed by atoms with E-state index in [9.17, 15) is 31.2 Å². The number of amides is 2. The smallest absolute Gasteiger partial charge is 0.339 e. The lowest BCUT2D eigenvalue weighted by Crippen LogP contribution is -2.57. The molecule has 2 aliphatic rings. The van der Waals surface area contributed by atoms with E-state index >= 15 is 0 Å². The molecule has 14 heteroatoms. The number of alkyl halides is 3. The van der Waals surface area contributed by atoms with E-state index in [0.29, 0.717) is 19.4 Å². The zero-order chi connectivity index (χ0) is 24.4. The fourth-order valence-electron chi connectivity index (χ4n) is 3.87. The molecular formula is C19H25ClF3N5O4S. The zero-order valence-electron chi connectivity index (χ0n) is 17.6. The third-order valence-electron chi connectivity index (χ3n) is 5.51. The Hall–Kier alpha value is -1.93. The van der Waals surface area contributed by atoms with Crippen molar-refractivity contribution in [2.75, 3.05) is 50.7 Å². The molecule has 1 atom stereocenters. The minimum atomic E-state index is -4.34. The number of sulfonamides is 1. The van der Waals surface area contributed by atoms with E-state index in [2.05, 4.69) is 4.72 Å². The summed E-state index contributed by atoms with van der Waals surface area (Å²) in [5.74, 6) is -0.797. The van der Waals surface area contributed by atoms with Gasteiger partial charge in [-0.3, -0.25) is 14.5 Å². The Balaban J connectivity index is 1.71. The van der Waals surface area contributed by atoms with Gasteiger partial charge >= 0.3 is 6.18 Å². The summed E-state index contributed by atoms with van der Waals surface area (Å²) in [6.45, 7) is -0.972. The maximum Gasteiger partial charge on any atom is 0.401 e. The van der Waals surface area contributed by atoms with Crippen LogP contribution in [-0.2, 0) is 19.6 Å². The van der Waals surface area contributed by atoms with Crippen molar-refractivity contribution < 1.29 is 31.2 Å². The van der Waals surface area contributed by atoms with Gasteiger partial charge < -0.3 is 15.5 Å². The highest BCUT2D eigenvalue weighted by Crippen LogP contribution is 2.34. The Morgan fingerprint density at radius 2 is 1.85 bits per heavy atom. The predicted octanol–water partition coefficient (Wildman–Crippen LogP) is 0.779. The lowest BCUT2D eigenvalue weighted by atomic mass is 10.2. The lowest BCUT2D eigenvalue weighted by molar-refractivity contribution is -0.152. The van der Waals surface area contributed by atoms with E-state index < -0.39 is 34.7 Å². The number of hydrogen-bond donors (Lipinski definition) is 2. The molecule has 3 N–H and O–H groups in total. The average molecular weight is 512 g/mol. The Morgan fingerprint density at radius 1 is 1.18 bits per heavy atom. The normalized spacial score (nSPS) is 19.2. The maximum absolute atomic E-state index is 13.0. The molecule has 33 heavy (non-hydrogen) atoms. The highest BCUT2D eigenvalue weighted by Gasteiger charge is 2.35. The van der Waals surface area contributed by atoms with Crippen molar-refractivity contribution in [3.8, 4) is 0 Å². The molecule has 0 bridgehead atoms. The first-order valence-electron chi connectivity index (χ1n) is 10.3. The molecule has 0 aliphatic carbocycles. The van der Waals surface area contributed by atoms with E-state index in [1.807, 2.05) is 0 Å². The molecule has 1 aromatic carbocycles. The number of hydrogen-bond acceptors (Lipinski definition) is 6. The molecule has 2 fully saturated rings. The third kappa shape index (κ3) is 6.15. The van der Waals surface area contributed by atoms with E-state index in [0.717, 1.165) is 0 Å². The van der Waals surface area contributed by atoms with Crippen LogP contribution in [0, 0.1) is 0 Å². The summed E-state index contributed by atoms with van der Waals surface area (Å²) in [4.78, 5) is 28.4. The monoisotopic (exact) mass is 511 g/mol. The molecular weight excluding hydrogens is 487 g/mol. The molecule has 0 saturated carbocycles. The van der Waals surface area contributed by atoms with Gasteiger partial charge in [0.2, 0.25) is 21.8 Å². The molecule has 2 aliphatic heterocycles. The zero-order valence-corrected chi connectivity index (χ0v) is 19.2. The van der Waals surface area contributed by atoms with Crippen LogP contribution in [0.3, 0.4) is 0 Å². The minimum absolute atomic E-state index is 0.00697. The minimum Gasteiger partial charge on any atom is -0.339 e. The predicted molar refractivity (Wildman–Crippen MR) is 115 cm³/mol. The third-order valence-corrected chi connectivity index (χ3v) is 7.54. The summed E-state index contributed by atoms with van der Waals surface area (Å²) in [6, 6.07) is 2.91. The summed E-state index contributed by atoms with van der Waals surface area (Å²) < 4.78 is 65.9. The molecule has 0 radical (unpaired) electrons. The van der Waals surface area contributed by atoms with Crippen LogP contribution in [0.5, 0.6) is 0 Å². The molecule has 2 saturated heterocycles. The van der Waals surface area contributed by atoms with Gasteiger partial charge in [-0.05, 0) is 18.6 Å². The molecule has 0 unspecified atom stereocenters. The van der Waals surface area contributed by atoms with Gasteiger partial charge in [-0.1, -0.05) is 17.7 Å². The summed E-state index contributed by atoms with van der Waals surface area (Å²) in [6.07, 6.45) is -3.37. The number of nitrogens with zero attached hydrogens (tertiary/aromatic N) is 3. The van der Waals surface area contributed by atoms with Gasteiger partial charge in [-0.2, -0.15) is 17.9 Å². The number of nitrogens with two attached hydrogens (primary N) is 1. The Labute approximate surface area is 194 Å². The van der Waals surface area contributed by atoms with Gasteiger partial charge in [0, 0.05) is 45.7 Å². The van der Waals surface area contributed by atoms with E-state index in [4.69, 9.17) is 17.3 Å². The number of anilines is 1. The number of rotatable bonds is 7. The average Bonchev–Trinajstić information content (AvgIpc) is 3.16. The number of piperazine rings is 1. The highest BCUT2D eigenvalue weighted by atomic mass is 35.5.